The standard InChI is InChI=1S/C28H45N5O2/c1-33(21-34)27(29)31-26(16-15-22-9-4-2-5-10-22)20-24-13-8-14-25(19-24)32-28(35)30-18-17-23-11-6-3-7-12-23/h3,6-7,11-12,21-22,24-26H,2,4-5,8-10,13-20H2,1H3,(H2,29,31)(H2,30,32,35)/t24-,25+,26+/m0/s1. The molecule has 0 unspecified atom stereocenters. The Balaban J connectivity index is 1.45. The van der Waals surface area contributed by atoms with Crippen molar-refractivity contribution in [2.24, 2.45) is 11.8 Å². The molecule has 1 aromatic rings. The fraction of sp³-hybridized carbons (Fsp3) is 0.679. The molecule has 2 aliphatic rings. The van der Waals surface area contributed by atoms with Gasteiger partial charge in [0, 0.05) is 25.7 Å². The highest BCUT2D eigenvalue weighted by Crippen LogP contribution is 2.31. The summed E-state index contributed by atoms with van der Waals surface area (Å²) in [6.45, 7) is 0.630. The van der Waals surface area contributed by atoms with Gasteiger partial charge in [0.15, 0.2) is 5.96 Å². The molecule has 194 valence electrons. The van der Waals surface area contributed by atoms with Crippen LogP contribution in [0.2, 0.25) is 0 Å². The van der Waals surface area contributed by atoms with Gasteiger partial charge in [0.05, 0.1) is 0 Å². The van der Waals surface area contributed by atoms with Crippen LogP contribution >= 0.6 is 0 Å². The highest BCUT2D eigenvalue weighted by molar-refractivity contribution is 5.86. The summed E-state index contributed by atoms with van der Waals surface area (Å²) in [5.41, 5.74) is 1.23. The minimum Gasteiger partial charge on any atom is -0.353 e. The number of carbonyl (C=O) groups excluding carboxylic acids is 2. The van der Waals surface area contributed by atoms with E-state index in [1.54, 1.807) is 7.05 Å². The van der Waals surface area contributed by atoms with E-state index < -0.39 is 0 Å². The van der Waals surface area contributed by atoms with Crippen molar-refractivity contribution in [2.75, 3.05) is 13.6 Å². The summed E-state index contributed by atoms with van der Waals surface area (Å²) in [7, 11) is 1.62. The topological polar surface area (TPSA) is 97.3 Å². The molecule has 7 nitrogen and oxygen atoms in total. The number of amides is 3. The fourth-order valence-corrected chi connectivity index (χ4v) is 5.75. The molecule has 7 heteroatoms. The van der Waals surface area contributed by atoms with Crippen molar-refractivity contribution in [2.45, 2.75) is 95.6 Å². The van der Waals surface area contributed by atoms with Gasteiger partial charge in [0.25, 0.3) is 0 Å². The largest absolute Gasteiger partial charge is 0.353 e. The Hall–Kier alpha value is -2.57. The molecule has 2 fully saturated rings. The maximum absolute atomic E-state index is 12.5. The van der Waals surface area contributed by atoms with Crippen molar-refractivity contribution >= 4 is 18.4 Å². The lowest BCUT2D eigenvalue weighted by Gasteiger charge is -2.33. The molecule has 0 spiro atoms. The van der Waals surface area contributed by atoms with E-state index in [1.165, 1.54) is 49.0 Å². The first-order valence-electron chi connectivity index (χ1n) is 13.6. The predicted molar refractivity (Wildman–Crippen MR) is 141 cm³/mol. The Bertz CT molecular complexity index is 781. The molecular formula is C28H45N5O2. The average molecular weight is 484 g/mol. The van der Waals surface area contributed by atoms with Gasteiger partial charge in [-0.05, 0) is 55.9 Å². The number of nitrogens with one attached hydrogen (secondary N) is 4. The van der Waals surface area contributed by atoms with Crippen LogP contribution in [0.15, 0.2) is 30.3 Å². The quantitative estimate of drug-likeness (QED) is 0.206. The van der Waals surface area contributed by atoms with Crippen LogP contribution in [0.25, 0.3) is 0 Å². The molecule has 0 bridgehead atoms. The Morgan fingerprint density at radius 1 is 1.09 bits per heavy atom. The molecule has 35 heavy (non-hydrogen) atoms. The van der Waals surface area contributed by atoms with Crippen LogP contribution in [0.1, 0.15) is 82.6 Å². The third-order valence-corrected chi connectivity index (χ3v) is 7.78. The summed E-state index contributed by atoms with van der Waals surface area (Å²) in [5, 5.41) is 17.8. The third kappa shape index (κ3) is 9.90. The molecule has 0 heterocycles. The molecule has 4 N–H and O–H groups in total. The summed E-state index contributed by atoms with van der Waals surface area (Å²) < 4.78 is 0. The van der Waals surface area contributed by atoms with Crippen LogP contribution in [0.4, 0.5) is 4.79 Å². The van der Waals surface area contributed by atoms with Gasteiger partial charge in [0.2, 0.25) is 6.41 Å². The number of hydrogen-bond donors (Lipinski definition) is 4. The van der Waals surface area contributed by atoms with Crippen molar-refractivity contribution in [3.05, 3.63) is 35.9 Å². The van der Waals surface area contributed by atoms with Crippen molar-refractivity contribution in [1.82, 2.24) is 20.9 Å². The Kier molecular flexibility index (Phi) is 11.4. The molecular weight excluding hydrogens is 438 g/mol. The van der Waals surface area contributed by atoms with Gasteiger partial charge in [-0.3, -0.25) is 15.1 Å². The molecule has 3 amide bonds. The summed E-state index contributed by atoms with van der Waals surface area (Å²) in [5.74, 6) is 1.49. The predicted octanol–water partition coefficient (Wildman–Crippen LogP) is 4.82. The van der Waals surface area contributed by atoms with E-state index in [-0.39, 0.29) is 24.1 Å². The van der Waals surface area contributed by atoms with Gasteiger partial charge < -0.3 is 16.0 Å². The molecule has 0 saturated heterocycles. The van der Waals surface area contributed by atoms with Crippen molar-refractivity contribution in [1.29, 1.82) is 5.41 Å². The second kappa shape index (κ2) is 14.7. The van der Waals surface area contributed by atoms with Crippen molar-refractivity contribution in [3.63, 3.8) is 0 Å². The van der Waals surface area contributed by atoms with Gasteiger partial charge in [-0.25, -0.2) is 4.79 Å². The van der Waals surface area contributed by atoms with E-state index in [4.69, 9.17) is 5.41 Å². The van der Waals surface area contributed by atoms with Gasteiger partial charge in [0.1, 0.15) is 0 Å². The van der Waals surface area contributed by atoms with Crippen LogP contribution in [0.3, 0.4) is 0 Å². The maximum Gasteiger partial charge on any atom is 0.315 e. The number of nitrogens with zero attached hydrogens (tertiary/aromatic N) is 1. The van der Waals surface area contributed by atoms with E-state index >= 15 is 0 Å². The first-order valence-corrected chi connectivity index (χ1v) is 13.6. The highest BCUT2D eigenvalue weighted by Gasteiger charge is 2.27. The van der Waals surface area contributed by atoms with Crippen LogP contribution < -0.4 is 16.0 Å². The number of rotatable bonds is 11. The van der Waals surface area contributed by atoms with Crippen molar-refractivity contribution in [3.8, 4) is 0 Å². The maximum atomic E-state index is 12.5. The van der Waals surface area contributed by atoms with Crippen LogP contribution in [-0.2, 0) is 11.2 Å². The smallest absolute Gasteiger partial charge is 0.315 e. The lowest BCUT2D eigenvalue weighted by Crippen LogP contribution is -2.46. The fourth-order valence-electron chi connectivity index (χ4n) is 5.75. The van der Waals surface area contributed by atoms with Gasteiger partial charge in [-0.2, -0.15) is 0 Å². The zero-order valence-electron chi connectivity index (χ0n) is 21.4. The molecule has 2 aliphatic carbocycles. The van der Waals surface area contributed by atoms with Gasteiger partial charge >= 0.3 is 6.03 Å². The van der Waals surface area contributed by atoms with E-state index in [2.05, 4.69) is 28.1 Å². The molecule has 0 aliphatic heterocycles. The van der Waals surface area contributed by atoms with E-state index in [9.17, 15) is 9.59 Å². The second-order valence-electron chi connectivity index (χ2n) is 10.6. The molecule has 0 radical (unpaired) electrons. The van der Waals surface area contributed by atoms with Gasteiger partial charge in [-0.15, -0.1) is 0 Å². The van der Waals surface area contributed by atoms with Crippen LogP contribution in [0.5, 0.6) is 0 Å². The first-order chi connectivity index (χ1) is 17.0. The lowest BCUT2D eigenvalue weighted by atomic mass is 9.80. The van der Waals surface area contributed by atoms with Crippen molar-refractivity contribution < 1.29 is 9.59 Å². The first kappa shape index (κ1) is 27.0. The van der Waals surface area contributed by atoms with Crippen LogP contribution in [-0.4, -0.2) is 49.0 Å². The Morgan fingerprint density at radius 3 is 2.57 bits per heavy atom. The summed E-state index contributed by atoms with van der Waals surface area (Å²) >= 11 is 0. The minimum absolute atomic E-state index is 0.0760. The zero-order valence-corrected chi connectivity index (χ0v) is 21.4. The van der Waals surface area contributed by atoms with Crippen LogP contribution in [0, 0.1) is 17.2 Å². The molecule has 0 aromatic heterocycles. The molecule has 3 rings (SSSR count). The number of carbonyl (C=O) groups is 2. The van der Waals surface area contributed by atoms with E-state index in [1.807, 2.05) is 18.2 Å². The third-order valence-electron chi connectivity index (χ3n) is 7.78. The molecule has 2 saturated carbocycles. The number of urea groups is 1. The zero-order chi connectivity index (χ0) is 24.9. The summed E-state index contributed by atoms with van der Waals surface area (Å²) in [6.07, 6.45) is 15.7. The van der Waals surface area contributed by atoms with E-state index in [0.717, 1.165) is 50.9 Å². The SMILES string of the molecule is CN(C=O)C(=N)N[C@H](CCC1CCCCC1)C[C@H]1CCC[C@@H](NC(=O)NCCc2ccccc2)C1. The summed E-state index contributed by atoms with van der Waals surface area (Å²) in [6, 6.07) is 10.5. The summed E-state index contributed by atoms with van der Waals surface area (Å²) in [4.78, 5) is 24.9. The number of benzene rings is 1. The minimum atomic E-state index is -0.0760. The lowest BCUT2D eigenvalue weighted by molar-refractivity contribution is -0.114. The highest BCUT2D eigenvalue weighted by atomic mass is 16.2. The van der Waals surface area contributed by atoms with E-state index in [0.29, 0.717) is 18.9 Å². The average Bonchev–Trinajstić information content (AvgIpc) is 2.88. The molecule has 3 atom stereocenters. The second-order valence-corrected chi connectivity index (χ2v) is 10.6. The monoisotopic (exact) mass is 483 g/mol. The normalized spacial score (nSPS) is 21.5. The van der Waals surface area contributed by atoms with Gasteiger partial charge in [-0.1, -0.05) is 75.3 Å². The number of hydrogen-bond acceptors (Lipinski definition) is 3. The number of guanidine groups is 1. The Morgan fingerprint density at radius 2 is 1.83 bits per heavy atom. The molecule has 1 aromatic carbocycles. The Labute approximate surface area is 211 Å².